The van der Waals surface area contributed by atoms with Crippen molar-refractivity contribution >= 4 is 0 Å². The maximum absolute atomic E-state index is 6.35. The van der Waals surface area contributed by atoms with Gasteiger partial charge in [0, 0.05) is 25.2 Å². The van der Waals surface area contributed by atoms with Crippen molar-refractivity contribution in [1.29, 1.82) is 0 Å². The van der Waals surface area contributed by atoms with E-state index < -0.39 is 0 Å². The summed E-state index contributed by atoms with van der Waals surface area (Å²) in [6.45, 7) is 5.26. The van der Waals surface area contributed by atoms with E-state index in [2.05, 4.69) is 11.8 Å². The normalized spacial score (nSPS) is 36.7. The molecule has 0 radical (unpaired) electrons. The molecule has 2 rings (SSSR count). The molecule has 3 heteroatoms. The van der Waals surface area contributed by atoms with E-state index in [0.29, 0.717) is 18.2 Å². The molecule has 1 aliphatic heterocycles. The molecule has 2 N–H and O–H groups in total. The molecule has 3 atom stereocenters. The maximum Gasteiger partial charge on any atom is 0.0702 e. The highest BCUT2D eigenvalue weighted by molar-refractivity contribution is 4.87. The summed E-state index contributed by atoms with van der Waals surface area (Å²) < 4.78 is 5.79. The van der Waals surface area contributed by atoms with Crippen LogP contribution < -0.4 is 5.73 Å². The second kappa shape index (κ2) is 6.72. The lowest BCUT2D eigenvalue weighted by Gasteiger charge is -2.40. The summed E-state index contributed by atoms with van der Waals surface area (Å²) in [7, 11) is 0. The van der Waals surface area contributed by atoms with Gasteiger partial charge in [-0.2, -0.15) is 0 Å². The molecule has 17 heavy (non-hydrogen) atoms. The van der Waals surface area contributed by atoms with Gasteiger partial charge in [-0.25, -0.2) is 0 Å². The maximum atomic E-state index is 6.35. The predicted molar refractivity (Wildman–Crippen MR) is 71.1 cm³/mol. The average Bonchev–Trinajstić information content (AvgIpc) is 2.55. The van der Waals surface area contributed by atoms with Crippen molar-refractivity contribution < 1.29 is 4.74 Å². The van der Waals surface area contributed by atoms with E-state index in [1.54, 1.807) is 0 Å². The molecule has 3 nitrogen and oxygen atoms in total. The zero-order chi connectivity index (χ0) is 12.1. The van der Waals surface area contributed by atoms with E-state index >= 15 is 0 Å². The van der Waals surface area contributed by atoms with Crippen molar-refractivity contribution in [2.75, 3.05) is 19.7 Å². The van der Waals surface area contributed by atoms with Crippen LogP contribution in [0, 0.1) is 0 Å². The van der Waals surface area contributed by atoms with Crippen LogP contribution in [-0.2, 0) is 4.74 Å². The van der Waals surface area contributed by atoms with Gasteiger partial charge in [0.1, 0.15) is 0 Å². The number of nitrogens with two attached hydrogens (primary N) is 1. The molecule has 0 aromatic rings. The van der Waals surface area contributed by atoms with E-state index in [4.69, 9.17) is 10.5 Å². The lowest BCUT2D eigenvalue weighted by atomic mass is 9.98. The summed E-state index contributed by atoms with van der Waals surface area (Å²) in [6.07, 6.45) is 9.49. The highest BCUT2D eigenvalue weighted by atomic mass is 16.5. The van der Waals surface area contributed by atoms with Gasteiger partial charge in [0.05, 0.1) is 6.10 Å². The Morgan fingerprint density at radius 2 is 1.94 bits per heavy atom. The van der Waals surface area contributed by atoms with Gasteiger partial charge in [-0.3, -0.25) is 4.90 Å². The van der Waals surface area contributed by atoms with Crippen LogP contribution in [0.25, 0.3) is 0 Å². The number of hydrogen-bond acceptors (Lipinski definition) is 3. The topological polar surface area (TPSA) is 38.5 Å². The van der Waals surface area contributed by atoms with E-state index in [1.165, 1.54) is 51.5 Å². The molecule has 0 spiro atoms. The quantitative estimate of drug-likeness (QED) is 0.768. The standard InChI is InChI=1S/C14H28N2O/c1-2-17-12-7-6-10-16(11-12)14-9-5-3-4-8-13(14)15/h12-14H,2-11,15H2,1H3. The Bertz CT molecular complexity index is 220. The summed E-state index contributed by atoms with van der Waals surface area (Å²) >= 11 is 0. The fraction of sp³-hybridized carbons (Fsp3) is 1.00. The summed E-state index contributed by atoms with van der Waals surface area (Å²) in [5.74, 6) is 0. The van der Waals surface area contributed by atoms with Crippen molar-refractivity contribution in [1.82, 2.24) is 4.90 Å². The first-order valence-corrected chi connectivity index (χ1v) is 7.42. The first-order valence-electron chi connectivity index (χ1n) is 7.42. The van der Waals surface area contributed by atoms with Gasteiger partial charge in [-0.15, -0.1) is 0 Å². The fourth-order valence-electron chi connectivity index (χ4n) is 3.41. The number of piperidine rings is 1. The monoisotopic (exact) mass is 240 g/mol. The molecule has 2 fully saturated rings. The van der Waals surface area contributed by atoms with E-state index in [-0.39, 0.29) is 0 Å². The van der Waals surface area contributed by atoms with Crippen molar-refractivity contribution in [3.63, 3.8) is 0 Å². The largest absolute Gasteiger partial charge is 0.377 e. The van der Waals surface area contributed by atoms with Crippen LogP contribution in [0.3, 0.4) is 0 Å². The lowest BCUT2D eigenvalue weighted by molar-refractivity contribution is -0.0118. The number of ether oxygens (including phenoxy) is 1. The van der Waals surface area contributed by atoms with Gasteiger partial charge >= 0.3 is 0 Å². The van der Waals surface area contributed by atoms with Gasteiger partial charge in [0.25, 0.3) is 0 Å². The van der Waals surface area contributed by atoms with Gasteiger partial charge in [0.2, 0.25) is 0 Å². The summed E-state index contributed by atoms with van der Waals surface area (Å²) in [5.41, 5.74) is 6.35. The molecule has 1 saturated carbocycles. The predicted octanol–water partition coefficient (Wildman–Crippen LogP) is 2.15. The Hall–Kier alpha value is -0.120. The molecule has 0 bridgehead atoms. The minimum absolute atomic E-state index is 0.387. The van der Waals surface area contributed by atoms with Crippen molar-refractivity contribution in [3.05, 3.63) is 0 Å². The third-order valence-corrected chi connectivity index (χ3v) is 4.31. The smallest absolute Gasteiger partial charge is 0.0702 e. The van der Waals surface area contributed by atoms with Gasteiger partial charge < -0.3 is 10.5 Å². The second-order valence-electron chi connectivity index (χ2n) is 5.58. The SMILES string of the molecule is CCOC1CCCN(C2CCCCCC2N)C1. The number of likely N-dealkylation sites (tertiary alicyclic amines) is 1. The molecular formula is C14H28N2O. The molecule has 100 valence electrons. The van der Waals surface area contributed by atoms with E-state index in [1.807, 2.05) is 0 Å². The summed E-state index contributed by atoms with van der Waals surface area (Å²) in [5, 5.41) is 0. The molecule has 0 aromatic heterocycles. The Labute approximate surface area is 106 Å². The van der Waals surface area contributed by atoms with Crippen LogP contribution in [0.15, 0.2) is 0 Å². The van der Waals surface area contributed by atoms with Crippen molar-refractivity contribution in [2.24, 2.45) is 5.73 Å². The minimum Gasteiger partial charge on any atom is -0.377 e. The Kier molecular flexibility index (Phi) is 5.26. The third-order valence-electron chi connectivity index (χ3n) is 4.31. The minimum atomic E-state index is 0.387. The average molecular weight is 240 g/mol. The third kappa shape index (κ3) is 3.67. The molecule has 1 saturated heterocycles. The highest BCUT2D eigenvalue weighted by Gasteiger charge is 2.30. The zero-order valence-electron chi connectivity index (χ0n) is 11.2. The number of hydrogen-bond donors (Lipinski definition) is 1. The van der Waals surface area contributed by atoms with Gasteiger partial charge in [-0.1, -0.05) is 19.3 Å². The number of rotatable bonds is 3. The second-order valence-corrected chi connectivity index (χ2v) is 5.58. The van der Waals surface area contributed by atoms with E-state index in [0.717, 1.165) is 13.2 Å². The van der Waals surface area contributed by atoms with Crippen molar-refractivity contribution in [2.45, 2.75) is 70.1 Å². The van der Waals surface area contributed by atoms with Crippen LogP contribution in [0.5, 0.6) is 0 Å². The molecule has 0 aromatic carbocycles. The van der Waals surface area contributed by atoms with Crippen LogP contribution in [0.4, 0.5) is 0 Å². The number of nitrogens with zero attached hydrogens (tertiary/aromatic N) is 1. The Morgan fingerprint density at radius 3 is 2.76 bits per heavy atom. The zero-order valence-corrected chi connectivity index (χ0v) is 11.2. The first-order chi connectivity index (χ1) is 8.31. The van der Waals surface area contributed by atoms with Crippen LogP contribution >= 0.6 is 0 Å². The molecular weight excluding hydrogens is 212 g/mol. The molecule has 0 amide bonds. The van der Waals surface area contributed by atoms with Crippen LogP contribution in [0.2, 0.25) is 0 Å². The van der Waals surface area contributed by atoms with Crippen molar-refractivity contribution in [3.8, 4) is 0 Å². The van der Waals surface area contributed by atoms with Gasteiger partial charge in [0.15, 0.2) is 0 Å². The Balaban J connectivity index is 1.90. The summed E-state index contributed by atoms with van der Waals surface area (Å²) in [6, 6.07) is 0.999. The molecule has 1 heterocycles. The van der Waals surface area contributed by atoms with Crippen LogP contribution in [0.1, 0.15) is 51.9 Å². The van der Waals surface area contributed by atoms with Gasteiger partial charge in [-0.05, 0) is 39.2 Å². The molecule has 1 aliphatic carbocycles. The Morgan fingerprint density at radius 1 is 1.12 bits per heavy atom. The summed E-state index contributed by atoms with van der Waals surface area (Å²) in [4.78, 5) is 2.61. The fourth-order valence-corrected chi connectivity index (χ4v) is 3.41. The first kappa shape index (κ1) is 13.3. The molecule has 2 aliphatic rings. The highest BCUT2D eigenvalue weighted by Crippen LogP contribution is 2.24. The van der Waals surface area contributed by atoms with E-state index in [9.17, 15) is 0 Å². The van der Waals surface area contributed by atoms with Crippen LogP contribution in [-0.4, -0.2) is 42.8 Å². The lowest BCUT2D eigenvalue weighted by Crippen LogP contribution is -2.52. The molecule has 3 unspecified atom stereocenters.